The van der Waals surface area contributed by atoms with Gasteiger partial charge in [0.1, 0.15) is 10.8 Å². The van der Waals surface area contributed by atoms with E-state index in [9.17, 15) is 0 Å². The highest BCUT2D eigenvalue weighted by Gasteiger charge is 2.37. The van der Waals surface area contributed by atoms with E-state index in [1.54, 1.807) is 7.11 Å². The van der Waals surface area contributed by atoms with Crippen LogP contribution in [0.15, 0.2) is 0 Å². The van der Waals surface area contributed by atoms with Crippen LogP contribution in [0.5, 0.6) is 0 Å². The number of aromatic nitrogens is 2. The van der Waals surface area contributed by atoms with Crippen molar-refractivity contribution in [2.75, 3.05) is 7.11 Å². The molecule has 0 atom stereocenters. The molecule has 19 heavy (non-hydrogen) atoms. The fourth-order valence-electron chi connectivity index (χ4n) is 3.03. The number of thioether (sulfide) groups is 1. The van der Waals surface area contributed by atoms with E-state index in [0.717, 1.165) is 41.4 Å². The van der Waals surface area contributed by atoms with Gasteiger partial charge in [-0.1, -0.05) is 37.3 Å². The highest BCUT2D eigenvalue weighted by Crippen LogP contribution is 2.40. The van der Waals surface area contributed by atoms with Crippen molar-refractivity contribution in [1.29, 1.82) is 0 Å². The lowest BCUT2D eigenvalue weighted by Crippen LogP contribution is -2.31. The molecule has 1 fully saturated rings. The van der Waals surface area contributed by atoms with Crippen LogP contribution in [0, 0.1) is 0 Å². The predicted octanol–water partition coefficient (Wildman–Crippen LogP) is 4.07. The summed E-state index contributed by atoms with van der Waals surface area (Å²) in [6, 6.07) is 0. The van der Waals surface area contributed by atoms with Crippen LogP contribution >= 0.6 is 23.4 Å². The second-order valence-corrected chi connectivity index (χ2v) is 6.71. The van der Waals surface area contributed by atoms with Crippen molar-refractivity contribution in [2.24, 2.45) is 0 Å². The molecular formula is C14H19ClN2OS. The first kappa shape index (κ1) is 13.7. The first-order valence-electron chi connectivity index (χ1n) is 6.94. The summed E-state index contributed by atoms with van der Waals surface area (Å²) in [6.45, 7) is 0. The number of nitrogens with zero attached hydrogens (tertiary/aromatic N) is 2. The Morgan fingerprint density at radius 2 is 1.84 bits per heavy atom. The molecule has 2 heterocycles. The Hall–Kier alpha value is -0.320. The number of methoxy groups -OCH3 is 1. The van der Waals surface area contributed by atoms with Crippen molar-refractivity contribution in [3.05, 3.63) is 22.2 Å². The van der Waals surface area contributed by atoms with Crippen LogP contribution in [0.2, 0.25) is 5.15 Å². The second-order valence-electron chi connectivity index (χ2n) is 5.37. The molecule has 0 N–H and O–H groups in total. The molecule has 0 unspecified atom stereocenters. The highest BCUT2D eigenvalue weighted by atomic mass is 35.5. The molecule has 2 aliphatic rings. The van der Waals surface area contributed by atoms with Crippen LogP contribution in [-0.2, 0) is 21.8 Å². The Morgan fingerprint density at radius 3 is 2.53 bits per heavy atom. The fourth-order valence-corrected chi connectivity index (χ4v) is 4.41. The smallest absolute Gasteiger partial charge is 0.162 e. The van der Waals surface area contributed by atoms with Crippen molar-refractivity contribution < 1.29 is 4.74 Å². The Balaban J connectivity index is 2.01. The zero-order valence-corrected chi connectivity index (χ0v) is 12.8. The number of rotatable bonds is 2. The van der Waals surface area contributed by atoms with Crippen molar-refractivity contribution in [1.82, 2.24) is 9.97 Å². The van der Waals surface area contributed by atoms with Crippen LogP contribution < -0.4 is 0 Å². The van der Waals surface area contributed by atoms with E-state index in [1.165, 1.54) is 25.7 Å². The molecule has 1 aromatic rings. The summed E-state index contributed by atoms with van der Waals surface area (Å²) >= 11 is 8.19. The molecule has 0 amide bonds. The van der Waals surface area contributed by atoms with Gasteiger partial charge in [0.15, 0.2) is 5.82 Å². The monoisotopic (exact) mass is 298 g/mol. The van der Waals surface area contributed by atoms with Gasteiger partial charge in [0, 0.05) is 24.2 Å². The summed E-state index contributed by atoms with van der Waals surface area (Å²) < 4.78 is 5.87. The topological polar surface area (TPSA) is 35.0 Å². The molecule has 0 aromatic carbocycles. The lowest BCUT2D eigenvalue weighted by molar-refractivity contribution is -0.0352. The Morgan fingerprint density at radius 1 is 1.11 bits per heavy atom. The van der Waals surface area contributed by atoms with Crippen LogP contribution in [0.1, 0.15) is 55.6 Å². The van der Waals surface area contributed by atoms with E-state index in [2.05, 4.69) is 4.98 Å². The zero-order chi connectivity index (χ0) is 13.3. The molecule has 1 aliphatic heterocycles. The Kier molecular flexibility index (Phi) is 4.01. The maximum absolute atomic E-state index is 6.33. The van der Waals surface area contributed by atoms with Gasteiger partial charge in [0.05, 0.1) is 5.69 Å². The third-order valence-electron chi connectivity index (χ3n) is 4.24. The second kappa shape index (κ2) is 5.58. The summed E-state index contributed by atoms with van der Waals surface area (Å²) in [5.74, 6) is 2.70. The minimum absolute atomic E-state index is 0.317. The number of ether oxygens (including phenoxy) is 1. The normalized spacial score (nSPS) is 22.0. The van der Waals surface area contributed by atoms with Crippen LogP contribution in [0.25, 0.3) is 0 Å². The summed E-state index contributed by atoms with van der Waals surface area (Å²) in [5.41, 5.74) is 1.92. The summed E-state index contributed by atoms with van der Waals surface area (Å²) in [6.07, 6.45) is 6.93. The third kappa shape index (κ3) is 2.50. The van der Waals surface area contributed by atoms with Gasteiger partial charge in [-0.15, -0.1) is 0 Å². The number of hydrogen-bond acceptors (Lipinski definition) is 4. The van der Waals surface area contributed by atoms with E-state index in [-0.39, 0.29) is 5.60 Å². The van der Waals surface area contributed by atoms with Gasteiger partial charge in [-0.2, -0.15) is 11.8 Å². The average molecular weight is 299 g/mol. The van der Waals surface area contributed by atoms with E-state index in [1.807, 2.05) is 11.8 Å². The predicted molar refractivity (Wildman–Crippen MR) is 78.4 cm³/mol. The van der Waals surface area contributed by atoms with Gasteiger partial charge in [-0.25, -0.2) is 9.97 Å². The molecule has 104 valence electrons. The van der Waals surface area contributed by atoms with Crippen LogP contribution in [-0.4, -0.2) is 17.1 Å². The molecular weight excluding hydrogens is 280 g/mol. The molecule has 0 radical (unpaired) electrons. The summed E-state index contributed by atoms with van der Waals surface area (Å²) in [7, 11) is 1.78. The zero-order valence-electron chi connectivity index (χ0n) is 11.2. The first-order valence-corrected chi connectivity index (χ1v) is 8.47. The summed E-state index contributed by atoms with van der Waals surface area (Å²) in [5, 5.41) is 0.630. The van der Waals surface area contributed by atoms with Gasteiger partial charge in [-0.3, -0.25) is 0 Å². The number of fused-ring (bicyclic) bond motifs is 1. The maximum atomic E-state index is 6.33. The van der Waals surface area contributed by atoms with E-state index in [0.29, 0.717) is 5.15 Å². The number of hydrogen-bond donors (Lipinski definition) is 0. The Bertz CT molecular complexity index is 473. The first-order chi connectivity index (χ1) is 9.25. The molecule has 0 spiro atoms. The quantitative estimate of drug-likeness (QED) is 0.609. The average Bonchev–Trinajstić information content (AvgIpc) is 2.76. The van der Waals surface area contributed by atoms with Gasteiger partial charge in [-0.05, 0) is 12.8 Å². The van der Waals surface area contributed by atoms with Gasteiger partial charge >= 0.3 is 0 Å². The molecule has 1 saturated carbocycles. The third-order valence-corrected chi connectivity index (χ3v) is 5.52. The van der Waals surface area contributed by atoms with Gasteiger partial charge in [0.25, 0.3) is 0 Å². The fraction of sp³-hybridized carbons (Fsp3) is 0.714. The molecule has 0 saturated heterocycles. The molecule has 3 rings (SSSR count). The largest absolute Gasteiger partial charge is 0.370 e. The molecule has 1 aliphatic carbocycles. The number of halogens is 1. The van der Waals surface area contributed by atoms with E-state index >= 15 is 0 Å². The lowest BCUT2D eigenvalue weighted by Gasteiger charge is -2.30. The van der Waals surface area contributed by atoms with E-state index in [4.69, 9.17) is 21.3 Å². The van der Waals surface area contributed by atoms with Crippen molar-refractivity contribution >= 4 is 23.4 Å². The Labute approximate surface area is 123 Å². The van der Waals surface area contributed by atoms with Crippen LogP contribution in [0.4, 0.5) is 0 Å². The lowest BCUT2D eigenvalue weighted by atomic mass is 9.93. The minimum Gasteiger partial charge on any atom is -0.370 e. The maximum Gasteiger partial charge on any atom is 0.162 e. The standard InChI is InChI=1S/C14H19ClN2OS/c1-18-14(6-4-2-3-5-7-14)13-16-11-9-19-8-10(11)12(15)17-13/h2-9H2,1H3. The van der Waals surface area contributed by atoms with Crippen molar-refractivity contribution in [2.45, 2.75) is 55.6 Å². The minimum atomic E-state index is -0.317. The summed E-state index contributed by atoms with van der Waals surface area (Å²) in [4.78, 5) is 9.35. The van der Waals surface area contributed by atoms with Crippen molar-refractivity contribution in [3.8, 4) is 0 Å². The van der Waals surface area contributed by atoms with E-state index < -0.39 is 0 Å². The van der Waals surface area contributed by atoms with Crippen molar-refractivity contribution in [3.63, 3.8) is 0 Å². The molecule has 3 nitrogen and oxygen atoms in total. The van der Waals surface area contributed by atoms with Gasteiger partial charge < -0.3 is 4.74 Å². The molecule has 0 bridgehead atoms. The molecule has 1 aromatic heterocycles. The SMILES string of the molecule is COC1(c2nc(Cl)c3c(n2)CSC3)CCCCCC1. The highest BCUT2D eigenvalue weighted by molar-refractivity contribution is 7.98. The van der Waals surface area contributed by atoms with Crippen LogP contribution in [0.3, 0.4) is 0 Å². The molecule has 5 heteroatoms. The van der Waals surface area contributed by atoms with Gasteiger partial charge in [0.2, 0.25) is 0 Å².